The van der Waals surface area contributed by atoms with E-state index in [1.165, 1.54) is 0 Å². The molecule has 5 nitrogen and oxygen atoms in total. The van der Waals surface area contributed by atoms with Gasteiger partial charge in [-0.05, 0) is 0 Å². The summed E-state index contributed by atoms with van der Waals surface area (Å²) in [5.74, 6) is 1.63. The highest BCUT2D eigenvalue weighted by Crippen LogP contribution is 2.20. The normalized spacial score (nSPS) is 19.9. The van der Waals surface area contributed by atoms with Crippen LogP contribution in [0, 0.1) is 0 Å². The molecular formula is C13H16N4O. The average molecular weight is 244 g/mol. The summed E-state index contributed by atoms with van der Waals surface area (Å²) in [7, 11) is 1.91. The first kappa shape index (κ1) is 11.4. The molecule has 2 aromatic rings. The van der Waals surface area contributed by atoms with E-state index in [-0.39, 0.29) is 6.10 Å². The van der Waals surface area contributed by atoms with Gasteiger partial charge in [-0.2, -0.15) is 5.10 Å². The van der Waals surface area contributed by atoms with E-state index in [1.807, 2.05) is 37.4 Å². The van der Waals surface area contributed by atoms with Gasteiger partial charge in [-0.3, -0.25) is 4.68 Å². The van der Waals surface area contributed by atoms with Crippen LogP contribution in [-0.2, 0) is 11.8 Å². The second kappa shape index (κ2) is 4.88. The fourth-order valence-electron chi connectivity index (χ4n) is 2.12. The number of aromatic nitrogens is 3. The minimum atomic E-state index is -0.00582. The molecule has 94 valence electrons. The number of nitrogens with zero attached hydrogens (tertiary/aromatic N) is 3. The van der Waals surface area contributed by atoms with Crippen molar-refractivity contribution in [3.8, 4) is 11.4 Å². The van der Waals surface area contributed by atoms with Gasteiger partial charge < -0.3 is 10.1 Å². The van der Waals surface area contributed by atoms with Crippen LogP contribution in [0.5, 0.6) is 0 Å². The first-order valence-corrected chi connectivity index (χ1v) is 6.13. The summed E-state index contributed by atoms with van der Waals surface area (Å²) in [4.78, 5) is 4.59. The minimum absolute atomic E-state index is 0.00582. The zero-order valence-electron chi connectivity index (χ0n) is 10.3. The Hall–Kier alpha value is -1.72. The second-order valence-corrected chi connectivity index (χ2v) is 4.35. The summed E-state index contributed by atoms with van der Waals surface area (Å²) in [5.41, 5.74) is 1.03. The fourth-order valence-corrected chi connectivity index (χ4v) is 2.12. The molecule has 1 aliphatic heterocycles. The number of morpholine rings is 1. The molecule has 0 bridgehead atoms. The Bertz CT molecular complexity index is 517. The van der Waals surface area contributed by atoms with Crippen molar-refractivity contribution in [2.75, 3.05) is 19.7 Å². The second-order valence-electron chi connectivity index (χ2n) is 4.35. The molecule has 1 fully saturated rings. The lowest BCUT2D eigenvalue weighted by Gasteiger charge is -2.22. The largest absolute Gasteiger partial charge is 0.368 e. The van der Waals surface area contributed by atoms with Crippen molar-refractivity contribution in [1.82, 2.24) is 20.1 Å². The molecule has 3 rings (SSSR count). The smallest absolute Gasteiger partial charge is 0.181 e. The molecule has 2 heterocycles. The van der Waals surface area contributed by atoms with Crippen LogP contribution in [0.3, 0.4) is 0 Å². The van der Waals surface area contributed by atoms with Crippen LogP contribution in [0.25, 0.3) is 11.4 Å². The lowest BCUT2D eigenvalue weighted by Crippen LogP contribution is -2.34. The van der Waals surface area contributed by atoms with Crippen molar-refractivity contribution in [2.24, 2.45) is 7.05 Å². The van der Waals surface area contributed by atoms with Crippen LogP contribution >= 0.6 is 0 Å². The third kappa shape index (κ3) is 2.14. The maximum atomic E-state index is 5.71. The molecule has 0 radical (unpaired) electrons. The highest BCUT2D eigenvalue weighted by Gasteiger charge is 2.22. The summed E-state index contributed by atoms with van der Waals surface area (Å²) in [6.45, 7) is 2.42. The molecule has 0 aliphatic carbocycles. The van der Waals surface area contributed by atoms with Gasteiger partial charge >= 0.3 is 0 Å². The van der Waals surface area contributed by atoms with Crippen LogP contribution in [-0.4, -0.2) is 34.5 Å². The number of rotatable bonds is 2. The highest BCUT2D eigenvalue weighted by atomic mass is 16.5. The number of nitrogens with one attached hydrogen (secondary N) is 1. The van der Waals surface area contributed by atoms with Crippen LogP contribution in [0.4, 0.5) is 0 Å². The first-order chi connectivity index (χ1) is 8.84. The molecule has 18 heavy (non-hydrogen) atoms. The first-order valence-electron chi connectivity index (χ1n) is 6.13. The number of ether oxygens (including phenoxy) is 1. The predicted octanol–water partition coefficient (Wildman–Crippen LogP) is 1.14. The van der Waals surface area contributed by atoms with Crippen molar-refractivity contribution >= 4 is 0 Å². The maximum Gasteiger partial charge on any atom is 0.181 e. The third-order valence-electron chi connectivity index (χ3n) is 3.04. The molecule has 1 aromatic heterocycles. The van der Waals surface area contributed by atoms with Crippen molar-refractivity contribution in [1.29, 1.82) is 0 Å². The van der Waals surface area contributed by atoms with E-state index in [0.29, 0.717) is 0 Å². The van der Waals surface area contributed by atoms with Gasteiger partial charge in [-0.25, -0.2) is 4.98 Å². The van der Waals surface area contributed by atoms with E-state index in [9.17, 15) is 0 Å². The zero-order chi connectivity index (χ0) is 12.4. The summed E-state index contributed by atoms with van der Waals surface area (Å²) in [5, 5.41) is 7.76. The fraction of sp³-hybridized carbons (Fsp3) is 0.385. The Labute approximate surface area is 106 Å². The molecule has 0 amide bonds. The SMILES string of the molecule is Cn1nc(-c2ccccc2)nc1C1CNCCO1. The molecule has 0 spiro atoms. The average Bonchev–Trinajstić information content (AvgIpc) is 2.83. The van der Waals surface area contributed by atoms with Gasteiger partial charge in [0.25, 0.3) is 0 Å². The van der Waals surface area contributed by atoms with E-state index in [1.54, 1.807) is 4.68 Å². The Morgan fingerprint density at radius 1 is 1.33 bits per heavy atom. The van der Waals surface area contributed by atoms with Crippen LogP contribution in [0.1, 0.15) is 11.9 Å². The van der Waals surface area contributed by atoms with Gasteiger partial charge in [0.1, 0.15) is 6.10 Å². The summed E-state index contributed by atoms with van der Waals surface area (Å²) in [6.07, 6.45) is -0.00582. The molecule has 1 atom stereocenters. The molecular weight excluding hydrogens is 228 g/mol. The van der Waals surface area contributed by atoms with Crippen molar-refractivity contribution in [3.63, 3.8) is 0 Å². The van der Waals surface area contributed by atoms with Crippen molar-refractivity contribution in [3.05, 3.63) is 36.2 Å². The minimum Gasteiger partial charge on any atom is -0.368 e. The van der Waals surface area contributed by atoms with Gasteiger partial charge in [0.15, 0.2) is 11.6 Å². The van der Waals surface area contributed by atoms with E-state index in [2.05, 4.69) is 15.4 Å². The van der Waals surface area contributed by atoms with E-state index < -0.39 is 0 Å². The van der Waals surface area contributed by atoms with Crippen LogP contribution in [0.15, 0.2) is 30.3 Å². The number of hydrogen-bond acceptors (Lipinski definition) is 4. The Morgan fingerprint density at radius 3 is 2.89 bits per heavy atom. The van der Waals surface area contributed by atoms with Crippen LogP contribution in [0.2, 0.25) is 0 Å². The molecule has 1 unspecified atom stereocenters. The van der Waals surface area contributed by atoms with E-state index in [0.717, 1.165) is 36.9 Å². The summed E-state index contributed by atoms with van der Waals surface area (Å²) in [6, 6.07) is 9.99. The van der Waals surface area contributed by atoms with Gasteiger partial charge in [0.2, 0.25) is 0 Å². The molecule has 1 aromatic carbocycles. The number of benzene rings is 1. The van der Waals surface area contributed by atoms with Crippen molar-refractivity contribution in [2.45, 2.75) is 6.10 Å². The Morgan fingerprint density at radius 2 is 2.17 bits per heavy atom. The van der Waals surface area contributed by atoms with E-state index >= 15 is 0 Å². The van der Waals surface area contributed by atoms with E-state index in [4.69, 9.17) is 4.74 Å². The lowest BCUT2D eigenvalue weighted by molar-refractivity contribution is 0.0200. The number of hydrogen-bond donors (Lipinski definition) is 1. The predicted molar refractivity (Wildman–Crippen MR) is 68.0 cm³/mol. The quantitative estimate of drug-likeness (QED) is 0.860. The standard InChI is InChI=1S/C13H16N4O/c1-17-13(11-9-14-7-8-18-11)15-12(16-17)10-5-3-2-4-6-10/h2-6,11,14H,7-9H2,1H3. The van der Waals surface area contributed by atoms with Crippen LogP contribution < -0.4 is 5.32 Å². The zero-order valence-corrected chi connectivity index (χ0v) is 10.3. The van der Waals surface area contributed by atoms with Gasteiger partial charge in [-0.15, -0.1) is 0 Å². The molecule has 1 saturated heterocycles. The molecule has 5 heteroatoms. The number of aryl methyl sites for hydroxylation is 1. The highest BCUT2D eigenvalue weighted by molar-refractivity contribution is 5.54. The maximum absolute atomic E-state index is 5.71. The summed E-state index contributed by atoms with van der Waals surface area (Å²) >= 11 is 0. The Kier molecular flexibility index (Phi) is 3.08. The topological polar surface area (TPSA) is 52.0 Å². The monoisotopic (exact) mass is 244 g/mol. The molecule has 1 N–H and O–H groups in total. The molecule has 0 saturated carbocycles. The lowest BCUT2D eigenvalue weighted by atomic mass is 10.2. The molecule has 1 aliphatic rings. The van der Waals surface area contributed by atoms with Crippen molar-refractivity contribution < 1.29 is 4.74 Å². The summed E-state index contributed by atoms with van der Waals surface area (Å²) < 4.78 is 7.51. The van der Waals surface area contributed by atoms with Gasteiger partial charge in [0, 0.05) is 25.7 Å². The van der Waals surface area contributed by atoms with Gasteiger partial charge in [0.05, 0.1) is 6.61 Å². The van der Waals surface area contributed by atoms with Gasteiger partial charge in [-0.1, -0.05) is 30.3 Å². The third-order valence-corrected chi connectivity index (χ3v) is 3.04. The Balaban J connectivity index is 1.91.